The summed E-state index contributed by atoms with van der Waals surface area (Å²) in [5.74, 6) is 0.0823. The lowest BCUT2D eigenvalue weighted by Gasteiger charge is -2.18. The Bertz CT molecular complexity index is 411. The Hall–Kier alpha value is -1.36. The molecule has 102 valence electrons. The highest BCUT2D eigenvalue weighted by Crippen LogP contribution is 2.23. The molecule has 1 amide bonds. The van der Waals surface area contributed by atoms with Crippen molar-refractivity contribution in [3.63, 3.8) is 0 Å². The Kier molecular flexibility index (Phi) is 5.34. The zero-order valence-corrected chi connectivity index (χ0v) is 12.0. The molecule has 0 radical (unpaired) electrons. The van der Waals surface area contributed by atoms with Gasteiger partial charge in [0.2, 0.25) is 5.91 Å². The summed E-state index contributed by atoms with van der Waals surface area (Å²) in [4.78, 5) is 11.8. The lowest BCUT2D eigenvalue weighted by Crippen LogP contribution is -2.30. The molecule has 0 saturated heterocycles. The summed E-state index contributed by atoms with van der Waals surface area (Å²) < 4.78 is 1.87. The van der Waals surface area contributed by atoms with Crippen molar-refractivity contribution >= 4 is 5.91 Å². The average molecular weight is 252 g/mol. The van der Waals surface area contributed by atoms with Crippen LogP contribution in [0.1, 0.15) is 42.8 Å². The number of carbonyl (C=O) groups is 1. The Morgan fingerprint density at radius 3 is 2.56 bits per heavy atom. The zero-order valence-electron chi connectivity index (χ0n) is 12.0. The minimum atomic E-state index is 0.0584. The fraction of sp³-hybridized carbons (Fsp3) is 0.692. The standard InChI is InChI=1S/C13H24N4O/c1-6-11(15-12(18)7-8-14-4)13-9(2)16-17(5)10(13)3/h11,14H,6-8H2,1-5H3,(H,15,18). The number of aryl methyl sites for hydroxylation is 2. The minimum Gasteiger partial charge on any atom is -0.349 e. The van der Waals surface area contributed by atoms with Crippen molar-refractivity contribution in [2.75, 3.05) is 13.6 Å². The third-order valence-electron chi connectivity index (χ3n) is 3.26. The molecule has 1 heterocycles. The fourth-order valence-corrected chi connectivity index (χ4v) is 2.18. The van der Waals surface area contributed by atoms with Gasteiger partial charge in [0, 0.05) is 31.3 Å². The molecule has 1 aromatic rings. The summed E-state index contributed by atoms with van der Waals surface area (Å²) >= 11 is 0. The second kappa shape index (κ2) is 6.54. The fourth-order valence-electron chi connectivity index (χ4n) is 2.18. The highest BCUT2D eigenvalue weighted by Gasteiger charge is 2.20. The molecule has 1 unspecified atom stereocenters. The summed E-state index contributed by atoms with van der Waals surface area (Å²) in [7, 11) is 3.78. The molecule has 0 bridgehead atoms. The molecule has 0 fully saturated rings. The maximum absolute atomic E-state index is 11.8. The van der Waals surface area contributed by atoms with Gasteiger partial charge in [-0.15, -0.1) is 0 Å². The molecule has 18 heavy (non-hydrogen) atoms. The van der Waals surface area contributed by atoms with Gasteiger partial charge in [-0.3, -0.25) is 9.48 Å². The van der Waals surface area contributed by atoms with Gasteiger partial charge in [0.1, 0.15) is 0 Å². The first kappa shape index (κ1) is 14.7. The molecule has 0 aliphatic heterocycles. The average Bonchev–Trinajstić information content (AvgIpc) is 2.58. The number of hydrogen-bond donors (Lipinski definition) is 2. The van der Waals surface area contributed by atoms with Gasteiger partial charge in [-0.1, -0.05) is 6.92 Å². The number of nitrogens with one attached hydrogen (secondary N) is 2. The van der Waals surface area contributed by atoms with Crippen LogP contribution in [0.4, 0.5) is 0 Å². The van der Waals surface area contributed by atoms with Crippen molar-refractivity contribution in [3.8, 4) is 0 Å². The second-order valence-electron chi connectivity index (χ2n) is 4.59. The van der Waals surface area contributed by atoms with Crippen LogP contribution in [-0.4, -0.2) is 29.3 Å². The van der Waals surface area contributed by atoms with E-state index in [9.17, 15) is 4.79 Å². The van der Waals surface area contributed by atoms with Crippen molar-refractivity contribution < 1.29 is 4.79 Å². The highest BCUT2D eigenvalue weighted by atomic mass is 16.1. The number of hydrogen-bond acceptors (Lipinski definition) is 3. The molecule has 2 N–H and O–H groups in total. The van der Waals surface area contributed by atoms with Crippen LogP contribution < -0.4 is 10.6 Å². The van der Waals surface area contributed by atoms with Gasteiger partial charge in [0.25, 0.3) is 0 Å². The first-order chi connectivity index (χ1) is 8.51. The van der Waals surface area contributed by atoms with E-state index in [-0.39, 0.29) is 11.9 Å². The number of rotatable bonds is 6. The van der Waals surface area contributed by atoms with E-state index in [0.717, 1.165) is 23.4 Å². The molecule has 0 spiro atoms. The Labute approximate surface area is 109 Å². The van der Waals surface area contributed by atoms with Crippen molar-refractivity contribution in [3.05, 3.63) is 17.0 Å². The van der Waals surface area contributed by atoms with Gasteiger partial charge in [0.15, 0.2) is 0 Å². The van der Waals surface area contributed by atoms with Gasteiger partial charge in [-0.25, -0.2) is 0 Å². The summed E-state index contributed by atoms with van der Waals surface area (Å²) in [6, 6.07) is 0.0584. The van der Waals surface area contributed by atoms with Gasteiger partial charge < -0.3 is 10.6 Å². The van der Waals surface area contributed by atoms with Crippen molar-refractivity contribution in [2.24, 2.45) is 7.05 Å². The molecule has 1 rings (SSSR count). The van der Waals surface area contributed by atoms with Crippen molar-refractivity contribution in [1.82, 2.24) is 20.4 Å². The second-order valence-corrected chi connectivity index (χ2v) is 4.59. The first-order valence-electron chi connectivity index (χ1n) is 6.45. The van der Waals surface area contributed by atoms with Crippen LogP contribution in [0.15, 0.2) is 0 Å². The molecule has 5 heteroatoms. The zero-order chi connectivity index (χ0) is 13.7. The summed E-state index contributed by atoms with van der Waals surface area (Å²) in [5.41, 5.74) is 3.27. The molecule has 0 saturated carbocycles. The molecular weight excluding hydrogens is 228 g/mol. The van der Waals surface area contributed by atoms with Gasteiger partial charge in [0.05, 0.1) is 11.7 Å². The van der Waals surface area contributed by atoms with Crippen LogP contribution in [0.2, 0.25) is 0 Å². The van der Waals surface area contributed by atoms with Crippen LogP contribution in [0.3, 0.4) is 0 Å². The molecule has 5 nitrogen and oxygen atoms in total. The SMILES string of the molecule is CCC(NC(=O)CCNC)c1c(C)nn(C)c1C. The van der Waals surface area contributed by atoms with Crippen molar-refractivity contribution in [2.45, 2.75) is 39.7 Å². The van der Waals surface area contributed by atoms with Crippen LogP contribution in [-0.2, 0) is 11.8 Å². The lowest BCUT2D eigenvalue weighted by atomic mass is 10.0. The maximum Gasteiger partial charge on any atom is 0.221 e. The molecular formula is C13H24N4O. The Morgan fingerprint density at radius 1 is 1.44 bits per heavy atom. The topological polar surface area (TPSA) is 59.0 Å². The minimum absolute atomic E-state index is 0.0584. The molecule has 0 aromatic carbocycles. The Morgan fingerprint density at radius 2 is 2.11 bits per heavy atom. The van der Waals surface area contributed by atoms with E-state index in [2.05, 4.69) is 22.7 Å². The van der Waals surface area contributed by atoms with Gasteiger partial charge >= 0.3 is 0 Å². The van der Waals surface area contributed by atoms with Crippen LogP contribution in [0.25, 0.3) is 0 Å². The Balaban J connectivity index is 2.80. The number of carbonyl (C=O) groups excluding carboxylic acids is 1. The monoisotopic (exact) mass is 252 g/mol. The number of aromatic nitrogens is 2. The van der Waals surface area contributed by atoms with E-state index in [1.54, 1.807) is 0 Å². The van der Waals surface area contributed by atoms with Crippen molar-refractivity contribution in [1.29, 1.82) is 0 Å². The predicted octanol–water partition coefficient (Wildman–Crippen LogP) is 1.21. The summed E-state index contributed by atoms with van der Waals surface area (Å²) in [5, 5.41) is 10.5. The van der Waals surface area contributed by atoms with Gasteiger partial charge in [-0.05, 0) is 27.3 Å². The largest absolute Gasteiger partial charge is 0.349 e. The van der Waals surface area contributed by atoms with E-state index >= 15 is 0 Å². The van der Waals surface area contributed by atoms with E-state index in [0.29, 0.717) is 13.0 Å². The number of amides is 1. The van der Waals surface area contributed by atoms with E-state index in [1.807, 2.05) is 32.6 Å². The molecule has 1 atom stereocenters. The van der Waals surface area contributed by atoms with E-state index in [4.69, 9.17) is 0 Å². The lowest BCUT2D eigenvalue weighted by molar-refractivity contribution is -0.121. The quantitative estimate of drug-likeness (QED) is 0.800. The van der Waals surface area contributed by atoms with E-state index < -0.39 is 0 Å². The maximum atomic E-state index is 11.8. The molecule has 0 aliphatic rings. The normalized spacial score (nSPS) is 12.5. The summed E-state index contributed by atoms with van der Waals surface area (Å²) in [6.45, 7) is 6.81. The summed E-state index contributed by atoms with van der Waals surface area (Å²) in [6.07, 6.45) is 1.38. The molecule has 1 aromatic heterocycles. The molecule has 0 aliphatic carbocycles. The van der Waals surface area contributed by atoms with Crippen LogP contribution >= 0.6 is 0 Å². The van der Waals surface area contributed by atoms with Crippen LogP contribution in [0.5, 0.6) is 0 Å². The highest BCUT2D eigenvalue weighted by molar-refractivity contribution is 5.76. The van der Waals surface area contributed by atoms with Gasteiger partial charge in [-0.2, -0.15) is 5.10 Å². The van der Waals surface area contributed by atoms with E-state index in [1.165, 1.54) is 0 Å². The number of nitrogens with zero attached hydrogens (tertiary/aromatic N) is 2. The van der Waals surface area contributed by atoms with Crippen LogP contribution in [0, 0.1) is 13.8 Å². The smallest absolute Gasteiger partial charge is 0.221 e. The third kappa shape index (κ3) is 3.32. The predicted molar refractivity (Wildman–Crippen MR) is 72.4 cm³/mol. The first-order valence-corrected chi connectivity index (χ1v) is 6.45. The third-order valence-corrected chi connectivity index (χ3v) is 3.26.